The van der Waals surface area contributed by atoms with Crippen LogP contribution in [-0.2, 0) is 11.3 Å². The number of hydrogen-bond donors (Lipinski definition) is 1. The van der Waals surface area contributed by atoms with E-state index in [0.29, 0.717) is 25.1 Å². The van der Waals surface area contributed by atoms with E-state index in [9.17, 15) is 45.2 Å². The molecule has 2 aromatic rings. The first-order valence-electron chi connectivity index (χ1n) is 8.87. The molecule has 4 nitrogen and oxygen atoms in total. The van der Waals surface area contributed by atoms with Gasteiger partial charge in [0.1, 0.15) is 0 Å². The van der Waals surface area contributed by atoms with Crippen molar-refractivity contribution in [1.29, 1.82) is 0 Å². The zero-order valence-corrected chi connectivity index (χ0v) is 17.3. The highest BCUT2D eigenvalue weighted by Crippen LogP contribution is 2.43. The maximum atomic E-state index is 13.5. The van der Waals surface area contributed by atoms with Gasteiger partial charge in [0.15, 0.2) is 0 Å². The molecule has 0 saturated heterocycles. The smallest absolute Gasteiger partial charge is 0.399 e. The molecular formula is C21H24F8N2O2. The van der Waals surface area contributed by atoms with Crippen LogP contribution in [0.3, 0.4) is 0 Å². The zero-order valence-electron chi connectivity index (χ0n) is 17.3. The summed E-state index contributed by atoms with van der Waals surface area (Å²) in [5.74, 6) is 0. The van der Waals surface area contributed by atoms with E-state index in [1.165, 1.54) is 19.9 Å². The van der Waals surface area contributed by atoms with E-state index in [4.69, 9.17) is 5.73 Å². The Kier molecular flexibility index (Phi) is 9.04. The number of nitrogen functional groups attached to an aromatic ring is 1. The fourth-order valence-electron chi connectivity index (χ4n) is 2.45. The molecule has 0 aliphatic heterocycles. The number of benzene rings is 2. The van der Waals surface area contributed by atoms with Crippen molar-refractivity contribution < 1.29 is 40.0 Å². The first-order chi connectivity index (χ1) is 14.2. The number of aryl methyl sites for hydroxylation is 2. The highest BCUT2D eigenvalue weighted by molar-refractivity contribution is 5.49. The van der Waals surface area contributed by atoms with E-state index in [1.54, 1.807) is 0 Å². The topological polar surface area (TPSA) is 69.2 Å². The van der Waals surface area contributed by atoms with Crippen LogP contribution >= 0.6 is 0 Å². The lowest BCUT2D eigenvalue weighted by Gasteiger charge is -2.24. The molecule has 0 amide bonds. The minimum Gasteiger partial charge on any atom is -0.399 e. The lowest BCUT2D eigenvalue weighted by Crippen LogP contribution is -2.35. The van der Waals surface area contributed by atoms with Crippen molar-refractivity contribution in [2.45, 2.75) is 58.8 Å². The Morgan fingerprint density at radius 3 is 1.42 bits per heavy atom. The average molecular weight is 488 g/mol. The molecule has 0 aliphatic rings. The summed E-state index contributed by atoms with van der Waals surface area (Å²) in [5, 5.41) is 10.5. The number of hydrogen-bond acceptors (Lipinski definition) is 3. The van der Waals surface area contributed by atoms with Gasteiger partial charge >= 0.3 is 12.4 Å². The first kappa shape index (κ1) is 30.1. The summed E-state index contributed by atoms with van der Waals surface area (Å²) in [7, 11) is 0. The molecule has 0 saturated carbocycles. The van der Waals surface area contributed by atoms with Gasteiger partial charge in [0, 0.05) is 17.3 Å². The largest absolute Gasteiger partial charge is 0.426 e. The molecule has 12 heteroatoms. The number of rotatable bonds is 3. The fourth-order valence-corrected chi connectivity index (χ4v) is 2.45. The Bertz CT molecular complexity index is 983. The van der Waals surface area contributed by atoms with Crippen molar-refractivity contribution >= 4 is 11.4 Å². The van der Waals surface area contributed by atoms with E-state index < -0.39 is 39.7 Å². The SMILES string of the molecule is C.Cc1cc(C(C)(F)C(F)(F)F)ccc1N.Cc1cc(C(C)(F)C(F)(F)F)ccc1[N+](=O)[O-]. The zero-order chi connectivity index (χ0) is 25.3. The summed E-state index contributed by atoms with van der Waals surface area (Å²) in [6, 6.07) is 5.92. The number of alkyl halides is 8. The second kappa shape index (κ2) is 9.92. The van der Waals surface area contributed by atoms with E-state index in [-0.39, 0.29) is 18.7 Å². The van der Waals surface area contributed by atoms with Crippen LogP contribution in [0.2, 0.25) is 0 Å². The van der Waals surface area contributed by atoms with Gasteiger partial charge in [0.25, 0.3) is 5.69 Å². The first-order valence-corrected chi connectivity index (χ1v) is 8.87. The van der Waals surface area contributed by atoms with Crippen LogP contribution in [0, 0.1) is 24.0 Å². The minimum absolute atomic E-state index is 0. The molecule has 0 spiro atoms. The number of nitrogens with two attached hydrogens (primary N) is 1. The third-order valence-corrected chi connectivity index (χ3v) is 4.81. The van der Waals surface area contributed by atoms with E-state index in [0.717, 1.165) is 30.3 Å². The summed E-state index contributed by atoms with van der Waals surface area (Å²) in [6.07, 6.45) is -9.98. The van der Waals surface area contributed by atoms with Crippen LogP contribution in [0.4, 0.5) is 46.5 Å². The monoisotopic (exact) mass is 488 g/mol. The Hall–Kier alpha value is -2.92. The standard InChI is InChI=1S/C10H9F4NO2.C10H11F4N.CH4/c1-6-5-7(3-4-8(6)15(16)17)9(2,11)10(12,13)14;1-6-5-7(3-4-8(6)15)9(2,11)10(12,13)14;/h3-5H,1-2H3;3-5H,15H2,1-2H3;1H4. The highest BCUT2D eigenvalue weighted by atomic mass is 19.4. The van der Waals surface area contributed by atoms with Gasteiger partial charge in [-0.3, -0.25) is 10.1 Å². The van der Waals surface area contributed by atoms with Gasteiger partial charge in [0.2, 0.25) is 11.3 Å². The van der Waals surface area contributed by atoms with Gasteiger partial charge < -0.3 is 5.73 Å². The molecule has 2 atom stereocenters. The molecule has 2 unspecified atom stereocenters. The van der Waals surface area contributed by atoms with Gasteiger partial charge in [-0.05, 0) is 62.6 Å². The molecule has 2 rings (SSSR count). The van der Waals surface area contributed by atoms with Crippen molar-refractivity contribution in [3.63, 3.8) is 0 Å². The van der Waals surface area contributed by atoms with Crippen molar-refractivity contribution in [1.82, 2.24) is 0 Å². The molecule has 0 radical (unpaired) electrons. The predicted molar refractivity (Wildman–Crippen MR) is 109 cm³/mol. The molecular weight excluding hydrogens is 464 g/mol. The molecule has 0 fully saturated rings. The Morgan fingerprint density at radius 2 is 1.12 bits per heavy atom. The van der Waals surface area contributed by atoms with Crippen LogP contribution in [0.15, 0.2) is 36.4 Å². The predicted octanol–water partition coefficient (Wildman–Crippen LogP) is 7.61. The quantitative estimate of drug-likeness (QED) is 0.209. The summed E-state index contributed by atoms with van der Waals surface area (Å²) in [4.78, 5) is 9.74. The molecule has 33 heavy (non-hydrogen) atoms. The minimum atomic E-state index is -5.06. The molecule has 0 heterocycles. The number of halogens is 8. The van der Waals surface area contributed by atoms with Crippen LogP contribution in [0.5, 0.6) is 0 Å². The van der Waals surface area contributed by atoms with Crippen molar-refractivity contribution in [2.75, 3.05) is 5.73 Å². The van der Waals surface area contributed by atoms with Gasteiger partial charge in [-0.2, -0.15) is 26.3 Å². The van der Waals surface area contributed by atoms with Crippen LogP contribution in [0.1, 0.15) is 43.5 Å². The Morgan fingerprint density at radius 1 is 0.758 bits per heavy atom. The summed E-state index contributed by atoms with van der Waals surface area (Å²) in [6.45, 7) is 3.67. The third-order valence-electron chi connectivity index (χ3n) is 4.81. The summed E-state index contributed by atoms with van der Waals surface area (Å²) in [5.41, 5.74) is -2.08. The van der Waals surface area contributed by atoms with Crippen molar-refractivity contribution in [3.05, 3.63) is 68.8 Å². The Balaban J connectivity index is 0.000000607. The maximum Gasteiger partial charge on any atom is 0.426 e. The van der Waals surface area contributed by atoms with Crippen molar-refractivity contribution in [3.8, 4) is 0 Å². The lowest BCUT2D eigenvalue weighted by molar-refractivity contribution is -0.385. The van der Waals surface area contributed by atoms with E-state index in [1.807, 2.05) is 0 Å². The number of anilines is 1. The van der Waals surface area contributed by atoms with Crippen LogP contribution < -0.4 is 5.73 Å². The molecule has 2 aromatic carbocycles. The van der Waals surface area contributed by atoms with Gasteiger partial charge in [-0.15, -0.1) is 0 Å². The second-order valence-electron chi connectivity index (χ2n) is 7.33. The Labute approximate surface area is 185 Å². The molecule has 0 aromatic heterocycles. The fraction of sp³-hybridized carbons (Fsp3) is 0.429. The maximum absolute atomic E-state index is 13.5. The third kappa shape index (κ3) is 6.55. The number of nitrogens with zero attached hydrogens (tertiary/aromatic N) is 1. The van der Waals surface area contributed by atoms with Gasteiger partial charge in [-0.1, -0.05) is 19.6 Å². The molecule has 0 bridgehead atoms. The second-order valence-corrected chi connectivity index (χ2v) is 7.33. The molecule has 0 aliphatic carbocycles. The lowest BCUT2D eigenvalue weighted by atomic mass is 9.95. The number of nitro groups is 1. The van der Waals surface area contributed by atoms with Crippen LogP contribution in [-0.4, -0.2) is 17.3 Å². The van der Waals surface area contributed by atoms with Gasteiger partial charge in [-0.25, -0.2) is 8.78 Å². The summed E-state index contributed by atoms with van der Waals surface area (Å²) < 4.78 is 101. The number of nitro benzene ring substituents is 1. The normalized spacial score (nSPS) is 15.3. The average Bonchev–Trinajstić information content (AvgIpc) is 2.62. The highest BCUT2D eigenvalue weighted by Gasteiger charge is 2.54. The molecule has 186 valence electrons. The molecule has 2 N–H and O–H groups in total. The van der Waals surface area contributed by atoms with E-state index >= 15 is 0 Å². The van der Waals surface area contributed by atoms with Crippen molar-refractivity contribution in [2.24, 2.45) is 0 Å². The van der Waals surface area contributed by atoms with Gasteiger partial charge in [0.05, 0.1) is 4.92 Å². The van der Waals surface area contributed by atoms with Crippen LogP contribution in [0.25, 0.3) is 0 Å². The van der Waals surface area contributed by atoms with E-state index in [2.05, 4.69) is 0 Å². The summed E-state index contributed by atoms with van der Waals surface area (Å²) >= 11 is 0.